The van der Waals surface area contributed by atoms with E-state index in [2.05, 4.69) is 72.8 Å². The van der Waals surface area contributed by atoms with Crippen LogP contribution in [0.3, 0.4) is 0 Å². The Hall–Kier alpha value is -0.580. The lowest BCUT2D eigenvalue weighted by atomic mass is 9.88. The number of rotatable bonds is 5. The largest absolute Gasteiger partial charge is 0.0899 e. The van der Waals surface area contributed by atoms with Gasteiger partial charge in [0, 0.05) is 12.3 Å². The molecule has 0 nitrogen and oxygen atoms in total. The summed E-state index contributed by atoms with van der Waals surface area (Å²) in [6, 6.07) is 25.4. The summed E-state index contributed by atoms with van der Waals surface area (Å²) >= 11 is 25.1. The van der Waals surface area contributed by atoms with Crippen molar-refractivity contribution in [1.29, 1.82) is 0 Å². The summed E-state index contributed by atoms with van der Waals surface area (Å²) in [4.78, 5) is 0. The van der Waals surface area contributed by atoms with E-state index in [-0.39, 0.29) is 0 Å². The summed E-state index contributed by atoms with van der Waals surface area (Å²) in [5, 5.41) is 4.77. The van der Waals surface area contributed by atoms with Gasteiger partial charge in [0.15, 0.2) is 0 Å². The van der Waals surface area contributed by atoms with Gasteiger partial charge in [-0.05, 0) is 43.8 Å². The molecule has 0 saturated carbocycles. The van der Waals surface area contributed by atoms with Crippen LogP contribution in [0.1, 0.15) is 11.1 Å². The monoisotopic (exact) mass is 482 g/mol. The van der Waals surface area contributed by atoms with E-state index in [9.17, 15) is 0 Å². The summed E-state index contributed by atoms with van der Waals surface area (Å²) in [6.07, 6.45) is 1.22. The fourth-order valence-electron chi connectivity index (χ4n) is 3.77. The Balaban J connectivity index is 2.12. The first-order chi connectivity index (χ1) is 13.5. The van der Waals surface area contributed by atoms with Gasteiger partial charge in [0.05, 0.1) is 13.3 Å². The van der Waals surface area contributed by atoms with Gasteiger partial charge in [-0.1, -0.05) is 118 Å². The van der Waals surface area contributed by atoms with Crippen molar-refractivity contribution in [2.45, 2.75) is 12.3 Å². The fourth-order valence-corrected chi connectivity index (χ4v) is 6.40. The molecule has 28 heavy (non-hydrogen) atoms. The van der Waals surface area contributed by atoms with E-state index in [0.29, 0.717) is 12.3 Å². The first kappa shape index (κ1) is 20.7. The molecule has 0 fully saturated rings. The Morgan fingerprint density at radius 1 is 0.607 bits per heavy atom. The Kier molecular flexibility index (Phi) is 6.69. The third-order valence-electron chi connectivity index (χ3n) is 4.88. The highest BCUT2D eigenvalue weighted by atomic mass is 35.9. The molecule has 0 unspecified atom stereocenters. The number of hydrogen-bond acceptors (Lipinski definition) is 0. The molecule has 0 amide bonds. The molecule has 142 valence electrons. The van der Waals surface area contributed by atoms with Gasteiger partial charge >= 0.3 is 0 Å². The second-order valence-corrected chi connectivity index (χ2v) is 14.3. The average Bonchev–Trinajstić information content (AvgIpc) is 2.67. The van der Waals surface area contributed by atoms with Crippen LogP contribution >= 0.6 is 58.2 Å². The van der Waals surface area contributed by atoms with Crippen LogP contribution in [0.25, 0.3) is 32.7 Å². The standard InChI is InChI=1S/C22H16Cl4P2/c23-27(24)13-17-12-16-7-2-4-10-19(16)22(21(17)14-28(25)26)20-11-5-8-15-6-1-3-9-18(15)20/h1-12H,13-14H2. The van der Waals surface area contributed by atoms with E-state index in [1.54, 1.807) is 0 Å². The second kappa shape index (κ2) is 9.06. The Labute approximate surface area is 186 Å². The van der Waals surface area contributed by atoms with Crippen molar-refractivity contribution in [1.82, 2.24) is 0 Å². The predicted molar refractivity (Wildman–Crippen MR) is 132 cm³/mol. The third kappa shape index (κ3) is 4.29. The summed E-state index contributed by atoms with van der Waals surface area (Å²) in [6.45, 7) is -2.28. The molecule has 0 aliphatic rings. The maximum absolute atomic E-state index is 6.32. The second-order valence-electron chi connectivity index (χ2n) is 6.56. The lowest BCUT2D eigenvalue weighted by molar-refractivity contribution is 1.30. The normalized spacial score (nSPS) is 11.8. The van der Waals surface area contributed by atoms with Crippen molar-refractivity contribution < 1.29 is 0 Å². The van der Waals surface area contributed by atoms with Crippen molar-refractivity contribution in [2.75, 3.05) is 0 Å². The van der Waals surface area contributed by atoms with E-state index >= 15 is 0 Å². The van der Waals surface area contributed by atoms with Gasteiger partial charge in [-0.25, -0.2) is 0 Å². The molecule has 4 aromatic rings. The smallest absolute Gasteiger partial charge is 0.0777 e. The molecule has 0 heterocycles. The highest BCUT2D eigenvalue weighted by Crippen LogP contribution is 2.56. The molecule has 0 aliphatic carbocycles. The number of halogens is 4. The zero-order chi connectivity index (χ0) is 19.7. The first-order valence-electron chi connectivity index (χ1n) is 8.74. The molecule has 0 N–H and O–H groups in total. The Bertz CT molecular complexity index is 1140. The van der Waals surface area contributed by atoms with E-state index in [0.717, 1.165) is 11.1 Å². The van der Waals surface area contributed by atoms with Gasteiger partial charge in [-0.3, -0.25) is 0 Å². The van der Waals surface area contributed by atoms with E-state index in [1.807, 2.05) is 0 Å². The summed E-state index contributed by atoms with van der Waals surface area (Å²) in [5.41, 5.74) is 4.65. The maximum atomic E-state index is 6.32. The van der Waals surface area contributed by atoms with Crippen LogP contribution in [0.2, 0.25) is 0 Å². The van der Waals surface area contributed by atoms with Crippen LogP contribution < -0.4 is 0 Å². The van der Waals surface area contributed by atoms with Gasteiger partial charge in [0.25, 0.3) is 0 Å². The number of fused-ring (bicyclic) bond motifs is 2. The maximum Gasteiger partial charge on any atom is 0.0899 e. The minimum Gasteiger partial charge on any atom is -0.0777 e. The number of benzene rings is 4. The predicted octanol–water partition coefficient (Wildman–Crippen LogP) is 10.2. The molecule has 0 saturated heterocycles. The molecule has 0 aromatic heterocycles. The molecule has 0 spiro atoms. The number of hydrogen-bond donors (Lipinski definition) is 0. The molecule has 6 heteroatoms. The quantitative estimate of drug-likeness (QED) is 0.247. The lowest BCUT2D eigenvalue weighted by Crippen LogP contribution is -1.97. The van der Waals surface area contributed by atoms with Crippen molar-refractivity contribution in [2.24, 2.45) is 0 Å². The highest BCUT2D eigenvalue weighted by Gasteiger charge is 2.20. The highest BCUT2D eigenvalue weighted by molar-refractivity contribution is 8.03. The molecule has 0 bridgehead atoms. The Morgan fingerprint density at radius 2 is 1.21 bits per heavy atom. The topological polar surface area (TPSA) is 0 Å². The zero-order valence-corrected chi connectivity index (χ0v) is 19.6. The van der Waals surface area contributed by atoms with E-state index in [4.69, 9.17) is 45.0 Å². The van der Waals surface area contributed by atoms with E-state index in [1.165, 1.54) is 32.7 Å². The van der Waals surface area contributed by atoms with Gasteiger partial charge in [-0.2, -0.15) is 0 Å². The lowest BCUT2D eigenvalue weighted by Gasteiger charge is -2.20. The Morgan fingerprint density at radius 3 is 1.93 bits per heavy atom. The van der Waals surface area contributed by atoms with Crippen LogP contribution in [0.15, 0.2) is 72.8 Å². The van der Waals surface area contributed by atoms with Crippen LogP contribution in [-0.4, -0.2) is 0 Å². The van der Waals surface area contributed by atoms with Crippen molar-refractivity contribution in [3.8, 4) is 11.1 Å². The van der Waals surface area contributed by atoms with Gasteiger partial charge in [0.1, 0.15) is 0 Å². The minimum absolute atomic E-state index is 0.605. The van der Waals surface area contributed by atoms with Gasteiger partial charge < -0.3 is 0 Å². The SMILES string of the molecule is ClP(Cl)Cc1cc2ccccc2c(-c2cccc3ccccc23)c1CP(Cl)Cl. The minimum atomic E-state index is -1.16. The van der Waals surface area contributed by atoms with Crippen molar-refractivity contribution in [3.05, 3.63) is 83.9 Å². The average molecular weight is 484 g/mol. The van der Waals surface area contributed by atoms with Gasteiger partial charge in [-0.15, -0.1) is 0 Å². The summed E-state index contributed by atoms with van der Waals surface area (Å²) in [5.74, 6) is 0. The van der Waals surface area contributed by atoms with Crippen LogP contribution in [-0.2, 0) is 12.3 Å². The van der Waals surface area contributed by atoms with E-state index < -0.39 is 13.3 Å². The summed E-state index contributed by atoms with van der Waals surface area (Å²) < 4.78 is 0. The molecule has 4 rings (SSSR count). The molecule has 4 aromatic carbocycles. The zero-order valence-electron chi connectivity index (χ0n) is 14.7. The van der Waals surface area contributed by atoms with Crippen molar-refractivity contribution >= 4 is 79.8 Å². The molecule has 0 atom stereocenters. The molecule has 0 aliphatic heterocycles. The van der Waals surface area contributed by atoms with Gasteiger partial charge in [0.2, 0.25) is 0 Å². The molecular formula is C22H16Cl4P2. The third-order valence-corrected chi connectivity index (χ3v) is 7.45. The van der Waals surface area contributed by atoms with Crippen molar-refractivity contribution in [3.63, 3.8) is 0 Å². The molecular weight excluding hydrogens is 468 g/mol. The van der Waals surface area contributed by atoms with Crippen LogP contribution in [0.5, 0.6) is 0 Å². The molecule has 0 radical (unpaired) electrons. The van der Waals surface area contributed by atoms with Crippen LogP contribution in [0.4, 0.5) is 0 Å². The fraction of sp³-hybridized carbons (Fsp3) is 0.0909. The first-order valence-corrected chi connectivity index (χ1v) is 15.4. The summed E-state index contributed by atoms with van der Waals surface area (Å²) in [7, 11) is 0. The van der Waals surface area contributed by atoms with Crippen LogP contribution in [0, 0.1) is 0 Å².